The SMILES string of the molecule is c1ccc(COCCN2CCc3[nH]cnc3[C@H]2c2ccoc2)cc1. The van der Waals surface area contributed by atoms with Crippen molar-refractivity contribution >= 4 is 0 Å². The van der Waals surface area contributed by atoms with E-state index < -0.39 is 0 Å². The summed E-state index contributed by atoms with van der Waals surface area (Å²) in [6.45, 7) is 3.20. The van der Waals surface area contributed by atoms with Gasteiger partial charge in [0.2, 0.25) is 0 Å². The number of nitrogens with one attached hydrogen (secondary N) is 1. The lowest BCUT2D eigenvalue weighted by atomic mass is 9.98. The fourth-order valence-electron chi connectivity index (χ4n) is 3.31. The molecule has 0 amide bonds. The minimum absolute atomic E-state index is 0.138. The summed E-state index contributed by atoms with van der Waals surface area (Å²) < 4.78 is 11.2. The van der Waals surface area contributed by atoms with Gasteiger partial charge in [-0.15, -0.1) is 0 Å². The van der Waals surface area contributed by atoms with Gasteiger partial charge in [0.15, 0.2) is 0 Å². The lowest BCUT2D eigenvalue weighted by Crippen LogP contribution is -2.38. The normalized spacial score (nSPS) is 17.8. The van der Waals surface area contributed by atoms with Crippen LogP contribution in [0.2, 0.25) is 0 Å². The van der Waals surface area contributed by atoms with Crippen LogP contribution in [0.4, 0.5) is 0 Å². The van der Waals surface area contributed by atoms with Crippen molar-refractivity contribution in [2.75, 3.05) is 19.7 Å². The third-order valence-electron chi connectivity index (χ3n) is 4.52. The summed E-state index contributed by atoms with van der Waals surface area (Å²) in [4.78, 5) is 10.2. The highest BCUT2D eigenvalue weighted by Gasteiger charge is 2.31. The molecule has 1 N–H and O–H groups in total. The third-order valence-corrected chi connectivity index (χ3v) is 4.52. The second-order valence-corrected chi connectivity index (χ2v) is 6.05. The summed E-state index contributed by atoms with van der Waals surface area (Å²) >= 11 is 0. The average molecular weight is 323 g/mol. The predicted octanol–water partition coefficient (Wildman–Crippen LogP) is 3.17. The average Bonchev–Trinajstić information content (AvgIpc) is 3.30. The van der Waals surface area contributed by atoms with Crippen molar-refractivity contribution in [3.05, 3.63) is 77.8 Å². The number of furan rings is 1. The molecule has 0 saturated heterocycles. The summed E-state index contributed by atoms with van der Waals surface area (Å²) in [6.07, 6.45) is 6.31. The van der Waals surface area contributed by atoms with Gasteiger partial charge in [-0.25, -0.2) is 4.98 Å². The van der Waals surface area contributed by atoms with E-state index in [1.807, 2.05) is 30.5 Å². The van der Waals surface area contributed by atoms with E-state index in [0.29, 0.717) is 13.2 Å². The van der Waals surface area contributed by atoms with Crippen molar-refractivity contribution in [1.82, 2.24) is 14.9 Å². The first-order valence-corrected chi connectivity index (χ1v) is 8.32. The molecule has 1 aliphatic rings. The molecule has 0 unspecified atom stereocenters. The van der Waals surface area contributed by atoms with Crippen LogP contribution in [0.25, 0.3) is 0 Å². The molecule has 1 atom stereocenters. The molecule has 1 aromatic carbocycles. The molecule has 4 rings (SSSR count). The van der Waals surface area contributed by atoms with Crippen LogP contribution in [0.1, 0.15) is 28.6 Å². The maximum Gasteiger partial charge on any atom is 0.0954 e. The number of hydrogen-bond acceptors (Lipinski definition) is 4. The van der Waals surface area contributed by atoms with Crippen molar-refractivity contribution in [3.8, 4) is 0 Å². The number of ether oxygens (including phenoxy) is 1. The van der Waals surface area contributed by atoms with Gasteiger partial charge in [0.1, 0.15) is 0 Å². The first-order chi connectivity index (χ1) is 11.9. The number of nitrogens with zero attached hydrogens (tertiary/aromatic N) is 2. The largest absolute Gasteiger partial charge is 0.472 e. The van der Waals surface area contributed by atoms with E-state index >= 15 is 0 Å². The molecule has 0 spiro atoms. The Labute approximate surface area is 141 Å². The van der Waals surface area contributed by atoms with Crippen LogP contribution in [0.3, 0.4) is 0 Å². The van der Waals surface area contributed by atoms with E-state index in [1.165, 1.54) is 11.3 Å². The highest BCUT2D eigenvalue weighted by Crippen LogP contribution is 2.33. The molecule has 3 heterocycles. The second kappa shape index (κ2) is 7.03. The molecule has 24 heavy (non-hydrogen) atoms. The Bertz CT molecular complexity index is 752. The Morgan fingerprint density at radius 2 is 2.17 bits per heavy atom. The zero-order valence-electron chi connectivity index (χ0n) is 13.5. The van der Waals surface area contributed by atoms with Gasteiger partial charge in [-0.3, -0.25) is 4.90 Å². The number of aromatic amines is 1. The molecule has 0 bridgehead atoms. The Hall–Kier alpha value is -2.37. The first kappa shape index (κ1) is 15.2. The van der Waals surface area contributed by atoms with E-state index in [0.717, 1.165) is 30.8 Å². The standard InChI is InChI=1S/C19H21N3O2/c1-2-4-15(5-3-1)12-24-11-9-22-8-6-17-18(21-14-20-17)19(22)16-7-10-23-13-16/h1-5,7,10,13-14,19H,6,8-9,11-12H2,(H,20,21)/t19-/m1/s1. The van der Waals surface area contributed by atoms with E-state index in [-0.39, 0.29) is 6.04 Å². The lowest BCUT2D eigenvalue weighted by Gasteiger charge is -2.34. The van der Waals surface area contributed by atoms with Crippen molar-refractivity contribution < 1.29 is 9.15 Å². The molecule has 3 aromatic rings. The van der Waals surface area contributed by atoms with E-state index in [4.69, 9.17) is 9.15 Å². The maximum absolute atomic E-state index is 5.86. The van der Waals surface area contributed by atoms with Gasteiger partial charge in [0.25, 0.3) is 0 Å². The van der Waals surface area contributed by atoms with Crippen molar-refractivity contribution in [3.63, 3.8) is 0 Å². The number of hydrogen-bond donors (Lipinski definition) is 1. The molecule has 124 valence electrons. The molecule has 0 aliphatic carbocycles. The fraction of sp³-hybridized carbons (Fsp3) is 0.316. The highest BCUT2D eigenvalue weighted by molar-refractivity contribution is 5.30. The second-order valence-electron chi connectivity index (χ2n) is 6.05. The number of benzene rings is 1. The number of imidazole rings is 1. The number of aromatic nitrogens is 2. The van der Waals surface area contributed by atoms with Gasteiger partial charge in [-0.2, -0.15) is 0 Å². The van der Waals surface area contributed by atoms with Gasteiger partial charge in [0, 0.05) is 30.8 Å². The molecular weight excluding hydrogens is 302 g/mol. The summed E-state index contributed by atoms with van der Waals surface area (Å²) in [7, 11) is 0. The van der Waals surface area contributed by atoms with Crippen LogP contribution in [0.5, 0.6) is 0 Å². The van der Waals surface area contributed by atoms with Crippen LogP contribution >= 0.6 is 0 Å². The minimum atomic E-state index is 0.138. The summed E-state index contributed by atoms with van der Waals surface area (Å²) in [6, 6.07) is 12.4. The quantitative estimate of drug-likeness (QED) is 0.708. The van der Waals surface area contributed by atoms with Gasteiger partial charge in [0.05, 0.1) is 43.8 Å². The van der Waals surface area contributed by atoms with E-state index in [1.54, 1.807) is 12.6 Å². The summed E-state index contributed by atoms with van der Waals surface area (Å²) in [5, 5.41) is 0. The van der Waals surface area contributed by atoms with Crippen LogP contribution in [0, 0.1) is 0 Å². The minimum Gasteiger partial charge on any atom is -0.472 e. The molecular formula is C19H21N3O2. The van der Waals surface area contributed by atoms with Crippen LogP contribution in [-0.4, -0.2) is 34.6 Å². The Balaban J connectivity index is 1.40. The maximum atomic E-state index is 5.86. The summed E-state index contributed by atoms with van der Waals surface area (Å²) in [5.41, 5.74) is 4.68. The summed E-state index contributed by atoms with van der Waals surface area (Å²) in [5.74, 6) is 0. The number of fused-ring (bicyclic) bond motifs is 1. The lowest BCUT2D eigenvalue weighted by molar-refractivity contribution is 0.0797. The van der Waals surface area contributed by atoms with Crippen LogP contribution in [0.15, 0.2) is 59.7 Å². The van der Waals surface area contributed by atoms with E-state index in [2.05, 4.69) is 27.0 Å². The molecule has 0 fully saturated rings. The van der Waals surface area contributed by atoms with Crippen molar-refractivity contribution in [1.29, 1.82) is 0 Å². The zero-order valence-corrected chi connectivity index (χ0v) is 13.5. The Morgan fingerprint density at radius 3 is 3.00 bits per heavy atom. The highest BCUT2D eigenvalue weighted by atomic mass is 16.5. The molecule has 0 radical (unpaired) electrons. The monoisotopic (exact) mass is 323 g/mol. The van der Waals surface area contributed by atoms with Crippen molar-refractivity contribution in [2.24, 2.45) is 0 Å². The third kappa shape index (κ3) is 3.13. The number of rotatable bonds is 6. The van der Waals surface area contributed by atoms with Crippen molar-refractivity contribution in [2.45, 2.75) is 19.1 Å². The number of H-pyrrole nitrogens is 1. The van der Waals surface area contributed by atoms with E-state index in [9.17, 15) is 0 Å². The Morgan fingerprint density at radius 1 is 1.25 bits per heavy atom. The van der Waals surface area contributed by atoms with Gasteiger partial charge in [-0.1, -0.05) is 30.3 Å². The van der Waals surface area contributed by atoms with Crippen LogP contribution in [-0.2, 0) is 17.8 Å². The van der Waals surface area contributed by atoms with Gasteiger partial charge in [-0.05, 0) is 11.6 Å². The smallest absolute Gasteiger partial charge is 0.0954 e. The van der Waals surface area contributed by atoms with Gasteiger partial charge < -0.3 is 14.1 Å². The molecule has 0 saturated carbocycles. The zero-order chi connectivity index (χ0) is 16.2. The van der Waals surface area contributed by atoms with Crippen LogP contribution < -0.4 is 0 Å². The predicted molar refractivity (Wildman–Crippen MR) is 90.5 cm³/mol. The van der Waals surface area contributed by atoms with Gasteiger partial charge >= 0.3 is 0 Å². The molecule has 1 aliphatic heterocycles. The molecule has 5 nitrogen and oxygen atoms in total. The Kier molecular flexibility index (Phi) is 4.44. The topological polar surface area (TPSA) is 54.3 Å². The first-order valence-electron chi connectivity index (χ1n) is 8.32. The fourth-order valence-corrected chi connectivity index (χ4v) is 3.31. The molecule has 2 aromatic heterocycles. The molecule has 5 heteroatoms.